The zero-order chi connectivity index (χ0) is 14.8. The Bertz CT molecular complexity index is 566. The molecule has 0 spiro atoms. The molecule has 0 radical (unpaired) electrons. The molecule has 0 bridgehead atoms. The first-order chi connectivity index (χ1) is 9.41. The average molecular weight is 304 g/mol. The Hall–Kier alpha value is -1.44. The van der Waals surface area contributed by atoms with Crippen molar-refractivity contribution in [1.82, 2.24) is 5.43 Å². The summed E-state index contributed by atoms with van der Waals surface area (Å²) in [5.74, 6) is 4.11. The molecule has 2 rings (SSSR count). The van der Waals surface area contributed by atoms with Crippen LogP contribution in [-0.4, -0.2) is 0 Å². The van der Waals surface area contributed by atoms with Crippen molar-refractivity contribution in [3.05, 3.63) is 57.5 Å². The van der Waals surface area contributed by atoms with E-state index >= 15 is 0 Å². The number of thiophene rings is 1. The fourth-order valence-electron chi connectivity index (χ4n) is 1.90. The van der Waals surface area contributed by atoms with Crippen LogP contribution < -0.4 is 11.3 Å². The van der Waals surface area contributed by atoms with E-state index in [2.05, 4.69) is 5.43 Å². The van der Waals surface area contributed by atoms with Gasteiger partial charge in [-0.2, -0.15) is 24.5 Å². The summed E-state index contributed by atoms with van der Waals surface area (Å²) in [7, 11) is 0. The number of hydrazine groups is 1. The number of benzene rings is 1. The highest BCUT2D eigenvalue weighted by Gasteiger charge is 2.34. The first-order valence-electron chi connectivity index (χ1n) is 5.75. The lowest BCUT2D eigenvalue weighted by atomic mass is 9.99. The third-order valence-electron chi connectivity index (χ3n) is 2.92. The molecule has 2 nitrogen and oxygen atoms in total. The second-order valence-corrected chi connectivity index (χ2v) is 5.07. The fraction of sp³-hybridized carbons (Fsp3) is 0.231. The summed E-state index contributed by atoms with van der Waals surface area (Å²) in [5.41, 5.74) is 2.59. The smallest absolute Gasteiger partial charge is 0.271 e. The number of halogens is 4. The first kappa shape index (κ1) is 15.0. The molecule has 0 fully saturated rings. The van der Waals surface area contributed by atoms with Gasteiger partial charge in [-0.1, -0.05) is 6.07 Å². The molecule has 0 aliphatic carbocycles. The van der Waals surface area contributed by atoms with E-state index in [-0.39, 0.29) is 0 Å². The van der Waals surface area contributed by atoms with Crippen LogP contribution in [0, 0.1) is 5.82 Å². The Balaban J connectivity index is 2.25. The van der Waals surface area contributed by atoms with E-state index < -0.39 is 23.6 Å². The van der Waals surface area contributed by atoms with Crippen molar-refractivity contribution in [3.8, 4) is 0 Å². The van der Waals surface area contributed by atoms with Gasteiger partial charge < -0.3 is 0 Å². The number of alkyl halides is 3. The van der Waals surface area contributed by atoms with Crippen LogP contribution in [0.15, 0.2) is 35.0 Å². The van der Waals surface area contributed by atoms with Crippen LogP contribution in [0.2, 0.25) is 0 Å². The van der Waals surface area contributed by atoms with E-state index in [9.17, 15) is 17.6 Å². The fourth-order valence-corrected chi connectivity index (χ4v) is 2.58. The summed E-state index contributed by atoms with van der Waals surface area (Å²) < 4.78 is 51.0. The number of nitrogens with one attached hydrogen (secondary N) is 1. The molecule has 7 heteroatoms. The maximum atomic E-state index is 13.5. The van der Waals surface area contributed by atoms with Crippen LogP contribution in [-0.2, 0) is 12.6 Å². The zero-order valence-electron chi connectivity index (χ0n) is 10.2. The second kappa shape index (κ2) is 5.90. The normalized spacial score (nSPS) is 13.4. The van der Waals surface area contributed by atoms with Gasteiger partial charge in [-0.05, 0) is 46.5 Å². The van der Waals surface area contributed by atoms with Crippen LogP contribution in [0.3, 0.4) is 0 Å². The van der Waals surface area contributed by atoms with Crippen LogP contribution in [0.5, 0.6) is 0 Å². The van der Waals surface area contributed by atoms with Gasteiger partial charge in [-0.3, -0.25) is 11.3 Å². The van der Waals surface area contributed by atoms with Gasteiger partial charge in [0, 0.05) is 0 Å². The molecule has 0 saturated heterocycles. The van der Waals surface area contributed by atoms with Gasteiger partial charge in [0.1, 0.15) is 5.82 Å². The van der Waals surface area contributed by atoms with Crippen LogP contribution in [0.1, 0.15) is 22.7 Å². The molecular formula is C13H12F4N2S. The van der Waals surface area contributed by atoms with Gasteiger partial charge in [-0.25, -0.2) is 4.39 Å². The molecule has 3 N–H and O–H groups in total. The van der Waals surface area contributed by atoms with Crippen molar-refractivity contribution in [1.29, 1.82) is 0 Å². The molecule has 1 atom stereocenters. The second-order valence-electron chi connectivity index (χ2n) is 4.29. The molecule has 1 aromatic heterocycles. The summed E-state index contributed by atoms with van der Waals surface area (Å²) in [5, 5.41) is 3.79. The minimum Gasteiger partial charge on any atom is -0.271 e. The van der Waals surface area contributed by atoms with Gasteiger partial charge in [0.15, 0.2) is 0 Å². The predicted octanol–water partition coefficient (Wildman–Crippen LogP) is 3.65. The van der Waals surface area contributed by atoms with E-state index in [0.29, 0.717) is 12.0 Å². The van der Waals surface area contributed by atoms with Crippen molar-refractivity contribution in [2.24, 2.45) is 5.84 Å². The molecule has 20 heavy (non-hydrogen) atoms. The van der Waals surface area contributed by atoms with Crippen molar-refractivity contribution in [3.63, 3.8) is 0 Å². The van der Waals surface area contributed by atoms with Gasteiger partial charge in [0.2, 0.25) is 0 Å². The molecule has 108 valence electrons. The Morgan fingerprint density at radius 3 is 2.50 bits per heavy atom. The third kappa shape index (κ3) is 3.36. The van der Waals surface area contributed by atoms with E-state index in [1.165, 1.54) is 17.4 Å². The van der Waals surface area contributed by atoms with Crippen LogP contribution in [0.25, 0.3) is 0 Å². The lowest BCUT2D eigenvalue weighted by molar-refractivity contribution is -0.140. The SMILES string of the molecule is NNC(Cc1ccsc1)c1ccc(C(F)(F)F)c(F)c1. The number of hydrogen-bond acceptors (Lipinski definition) is 3. The molecule has 0 aliphatic heterocycles. The monoisotopic (exact) mass is 304 g/mol. The minimum atomic E-state index is -4.69. The third-order valence-corrected chi connectivity index (χ3v) is 3.65. The summed E-state index contributed by atoms with van der Waals surface area (Å²) >= 11 is 1.50. The lowest BCUT2D eigenvalue weighted by Gasteiger charge is -2.17. The Morgan fingerprint density at radius 1 is 1.25 bits per heavy atom. The molecule has 0 aliphatic rings. The van der Waals surface area contributed by atoms with Crippen molar-refractivity contribution >= 4 is 11.3 Å². The van der Waals surface area contributed by atoms with Gasteiger partial charge in [0.25, 0.3) is 0 Å². The molecule has 1 heterocycles. The summed E-state index contributed by atoms with van der Waals surface area (Å²) in [4.78, 5) is 0. The molecule has 0 amide bonds. The summed E-state index contributed by atoms with van der Waals surface area (Å²) in [6.07, 6.45) is -4.22. The number of nitrogens with two attached hydrogens (primary N) is 1. The van der Waals surface area contributed by atoms with E-state index in [0.717, 1.165) is 17.7 Å². The standard InChI is InChI=1S/C13H12F4N2S/c14-11-6-9(1-2-10(11)13(15,16)17)12(19-18)5-8-3-4-20-7-8/h1-4,6-7,12,19H,5,18H2. The minimum absolute atomic E-state index is 0.379. The van der Waals surface area contributed by atoms with Crippen LogP contribution >= 0.6 is 11.3 Å². The number of hydrogen-bond donors (Lipinski definition) is 2. The van der Waals surface area contributed by atoms with Gasteiger partial charge in [0.05, 0.1) is 11.6 Å². The van der Waals surface area contributed by atoms with E-state index in [4.69, 9.17) is 5.84 Å². The molecule has 2 aromatic rings. The van der Waals surface area contributed by atoms with Crippen molar-refractivity contribution in [2.75, 3.05) is 0 Å². The summed E-state index contributed by atoms with van der Waals surface area (Å²) in [6.45, 7) is 0. The predicted molar refractivity (Wildman–Crippen MR) is 69.5 cm³/mol. The van der Waals surface area contributed by atoms with Crippen LogP contribution in [0.4, 0.5) is 17.6 Å². The van der Waals surface area contributed by atoms with Gasteiger partial charge in [-0.15, -0.1) is 0 Å². The highest BCUT2D eigenvalue weighted by molar-refractivity contribution is 7.07. The lowest BCUT2D eigenvalue weighted by Crippen LogP contribution is -2.29. The quantitative estimate of drug-likeness (QED) is 0.514. The molecule has 1 aromatic carbocycles. The highest BCUT2D eigenvalue weighted by atomic mass is 32.1. The van der Waals surface area contributed by atoms with Crippen molar-refractivity contribution < 1.29 is 17.6 Å². The topological polar surface area (TPSA) is 38.0 Å². The maximum absolute atomic E-state index is 13.5. The molecule has 1 unspecified atom stereocenters. The van der Waals surface area contributed by atoms with Gasteiger partial charge >= 0.3 is 6.18 Å². The largest absolute Gasteiger partial charge is 0.419 e. The molecule has 0 saturated carbocycles. The number of rotatable bonds is 4. The maximum Gasteiger partial charge on any atom is 0.419 e. The zero-order valence-corrected chi connectivity index (χ0v) is 11.1. The average Bonchev–Trinajstić information content (AvgIpc) is 2.87. The van der Waals surface area contributed by atoms with Crippen molar-refractivity contribution in [2.45, 2.75) is 18.6 Å². The Labute approximate surface area is 117 Å². The van der Waals surface area contributed by atoms with E-state index in [1.807, 2.05) is 16.8 Å². The van der Waals surface area contributed by atoms with E-state index in [1.54, 1.807) is 0 Å². The summed E-state index contributed by atoms with van der Waals surface area (Å²) in [6, 6.07) is 4.29. The first-order valence-corrected chi connectivity index (χ1v) is 6.70. The Kier molecular flexibility index (Phi) is 4.42. The highest BCUT2D eigenvalue weighted by Crippen LogP contribution is 2.32. The molecular weight excluding hydrogens is 292 g/mol. The Morgan fingerprint density at radius 2 is 2.00 bits per heavy atom.